The third kappa shape index (κ3) is 3.45. The number of imidazole rings is 1. The number of thiophene rings is 1. The number of carbonyl (C=O) groups is 1. The van der Waals surface area contributed by atoms with Crippen LogP contribution in [0.1, 0.15) is 11.1 Å². The van der Waals surface area contributed by atoms with Crippen LogP contribution < -0.4 is 4.90 Å². The van der Waals surface area contributed by atoms with Gasteiger partial charge in [0, 0.05) is 49.5 Å². The van der Waals surface area contributed by atoms with Crippen molar-refractivity contribution in [3.8, 4) is 11.3 Å². The molecule has 5 rings (SSSR count). The normalized spacial score (nSPS) is 14.4. The Balaban J connectivity index is 1.31. The highest BCUT2D eigenvalue weighted by molar-refractivity contribution is 7.08. The van der Waals surface area contributed by atoms with Gasteiger partial charge in [-0.3, -0.25) is 9.20 Å². The molecule has 0 radical (unpaired) electrons. The fourth-order valence-corrected chi connectivity index (χ4v) is 4.65. The summed E-state index contributed by atoms with van der Waals surface area (Å²) >= 11 is 1.68. The molecule has 152 valence electrons. The second-order valence-electron chi connectivity index (χ2n) is 7.57. The second-order valence-corrected chi connectivity index (χ2v) is 8.35. The first-order valence-corrected chi connectivity index (χ1v) is 11.1. The van der Waals surface area contributed by atoms with E-state index in [1.54, 1.807) is 11.3 Å². The van der Waals surface area contributed by atoms with Gasteiger partial charge < -0.3 is 9.80 Å². The Labute approximate surface area is 179 Å². The minimum Gasteiger partial charge on any atom is -0.350 e. The topological polar surface area (TPSA) is 53.7 Å². The number of rotatable bonds is 4. The van der Waals surface area contributed by atoms with Crippen molar-refractivity contribution in [3.63, 3.8) is 0 Å². The lowest BCUT2D eigenvalue weighted by Gasteiger charge is -2.35. The van der Waals surface area contributed by atoms with Crippen LogP contribution in [0.3, 0.4) is 0 Å². The van der Waals surface area contributed by atoms with E-state index < -0.39 is 0 Å². The van der Waals surface area contributed by atoms with Crippen molar-refractivity contribution in [1.82, 2.24) is 19.3 Å². The van der Waals surface area contributed by atoms with E-state index in [1.807, 2.05) is 41.7 Å². The predicted molar refractivity (Wildman–Crippen MR) is 120 cm³/mol. The van der Waals surface area contributed by atoms with Crippen LogP contribution in [0.25, 0.3) is 16.9 Å². The highest BCUT2D eigenvalue weighted by atomic mass is 32.1. The Morgan fingerprint density at radius 2 is 1.93 bits per heavy atom. The SMILES string of the molecule is Cc1ccccc1CC(=O)N1CCN(c2nccn3c(-c4ccsc4)cnc23)CC1. The first-order chi connectivity index (χ1) is 14.7. The smallest absolute Gasteiger partial charge is 0.227 e. The largest absolute Gasteiger partial charge is 0.350 e. The van der Waals surface area contributed by atoms with E-state index in [-0.39, 0.29) is 5.91 Å². The average Bonchev–Trinajstić information content (AvgIpc) is 3.45. The van der Waals surface area contributed by atoms with Gasteiger partial charge in [-0.2, -0.15) is 11.3 Å². The number of fused-ring (bicyclic) bond motifs is 1. The molecule has 0 bridgehead atoms. The van der Waals surface area contributed by atoms with E-state index in [9.17, 15) is 4.79 Å². The maximum absolute atomic E-state index is 12.8. The third-order valence-electron chi connectivity index (χ3n) is 5.76. The molecular formula is C23H23N5OS. The number of carbonyl (C=O) groups excluding carboxylic acids is 1. The standard InChI is InChI=1S/C23H23N5OS/c1-17-4-2-3-5-18(17)14-21(29)26-9-11-27(12-10-26)22-23-25-15-20(19-6-13-30-16-19)28(23)8-7-24-22/h2-8,13,15-16H,9-12,14H2,1H3. The maximum Gasteiger partial charge on any atom is 0.227 e. The van der Waals surface area contributed by atoms with Gasteiger partial charge in [0.25, 0.3) is 0 Å². The van der Waals surface area contributed by atoms with Crippen LogP contribution in [-0.4, -0.2) is 51.4 Å². The number of nitrogens with zero attached hydrogens (tertiary/aromatic N) is 5. The molecule has 0 unspecified atom stereocenters. The molecule has 30 heavy (non-hydrogen) atoms. The number of amides is 1. The van der Waals surface area contributed by atoms with Gasteiger partial charge in [-0.15, -0.1) is 0 Å². The Morgan fingerprint density at radius 1 is 1.10 bits per heavy atom. The fourth-order valence-electron chi connectivity index (χ4n) is 4.00. The van der Waals surface area contributed by atoms with Crippen LogP contribution in [0.15, 0.2) is 59.7 Å². The van der Waals surface area contributed by atoms with Crippen LogP contribution in [0.5, 0.6) is 0 Å². The van der Waals surface area contributed by atoms with Crippen LogP contribution in [-0.2, 0) is 11.2 Å². The summed E-state index contributed by atoms with van der Waals surface area (Å²) in [6, 6.07) is 10.2. The molecule has 0 atom stereocenters. The van der Waals surface area contributed by atoms with Crippen molar-refractivity contribution in [1.29, 1.82) is 0 Å². The molecule has 1 amide bonds. The number of benzene rings is 1. The summed E-state index contributed by atoms with van der Waals surface area (Å²) < 4.78 is 2.10. The van der Waals surface area contributed by atoms with Crippen molar-refractivity contribution in [2.45, 2.75) is 13.3 Å². The van der Waals surface area contributed by atoms with Crippen LogP contribution >= 0.6 is 11.3 Å². The Morgan fingerprint density at radius 3 is 2.70 bits per heavy atom. The maximum atomic E-state index is 12.8. The van der Waals surface area contributed by atoms with Crippen LogP contribution in [0.2, 0.25) is 0 Å². The molecule has 0 spiro atoms. The summed E-state index contributed by atoms with van der Waals surface area (Å²) in [4.78, 5) is 26.3. The number of piperazine rings is 1. The van der Waals surface area contributed by atoms with E-state index in [0.29, 0.717) is 19.5 Å². The number of anilines is 1. The lowest BCUT2D eigenvalue weighted by molar-refractivity contribution is -0.130. The zero-order valence-electron chi connectivity index (χ0n) is 16.9. The number of hydrogen-bond acceptors (Lipinski definition) is 5. The van der Waals surface area contributed by atoms with Gasteiger partial charge in [-0.1, -0.05) is 24.3 Å². The molecule has 1 aliphatic rings. The number of aryl methyl sites for hydroxylation is 1. The lowest BCUT2D eigenvalue weighted by atomic mass is 10.1. The molecule has 1 aromatic carbocycles. The van der Waals surface area contributed by atoms with E-state index in [0.717, 1.165) is 41.4 Å². The third-order valence-corrected chi connectivity index (χ3v) is 6.44. The number of hydrogen-bond donors (Lipinski definition) is 0. The van der Waals surface area contributed by atoms with Gasteiger partial charge in [0.1, 0.15) is 0 Å². The fraction of sp³-hybridized carbons (Fsp3) is 0.261. The molecule has 7 heteroatoms. The quantitative estimate of drug-likeness (QED) is 0.509. The molecule has 1 aliphatic heterocycles. The van der Waals surface area contributed by atoms with E-state index >= 15 is 0 Å². The average molecular weight is 418 g/mol. The Hall–Kier alpha value is -3.19. The summed E-state index contributed by atoms with van der Waals surface area (Å²) in [5.41, 5.74) is 5.37. The molecule has 1 fully saturated rings. The summed E-state index contributed by atoms with van der Waals surface area (Å²) in [5, 5.41) is 4.20. The minimum atomic E-state index is 0.190. The molecule has 0 N–H and O–H groups in total. The lowest BCUT2D eigenvalue weighted by Crippen LogP contribution is -2.49. The van der Waals surface area contributed by atoms with Gasteiger partial charge in [0.2, 0.25) is 5.91 Å². The minimum absolute atomic E-state index is 0.190. The highest BCUT2D eigenvalue weighted by Gasteiger charge is 2.24. The van der Waals surface area contributed by atoms with Crippen LogP contribution in [0.4, 0.5) is 5.82 Å². The van der Waals surface area contributed by atoms with E-state index in [1.165, 1.54) is 5.56 Å². The first-order valence-electron chi connectivity index (χ1n) is 10.1. The summed E-state index contributed by atoms with van der Waals surface area (Å²) in [6.07, 6.45) is 6.16. The molecule has 3 aromatic heterocycles. The summed E-state index contributed by atoms with van der Waals surface area (Å²) in [7, 11) is 0. The summed E-state index contributed by atoms with van der Waals surface area (Å²) in [6.45, 7) is 4.97. The molecule has 4 aromatic rings. The van der Waals surface area contributed by atoms with Crippen LogP contribution in [0, 0.1) is 6.92 Å². The molecule has 0 saturated carbocycles. The van der Waals surface area contributed by atoms with Gasteiger partial charge in [0.15, 0.2) is 11.5 Å². The molecule has 0 aliphatic carbocycles. The predicted octanol–water partition coefficient (Wildman–Crippen LogP) is 3.66. The van der Waals surface area contributed by atoms with Crippen molar-refractivity contribution < 1.29 is 4.79 Å². The van der Waals surface area contributed by atoms with Gasteiger partial charge in [-0.25, -0.2) is 9.97 Å². The van der Waals surface area contributed by atoms with E-state index in [4.69, 9.17) is 0 Å². The number of aromatic nitrogens is 3. The molecule has 4 heterocycles. The van der Waals surface area contributed by atoms with Crippen molar-refractivity contribution in [3.05, 3.63) is 70.8 Å². The first kappa shape index (κ1) is 18.8. The second kappa shape index (κ2) is 7.91. The highest BCUT2D eigenvalue weighted by Crippen LogP contribution is 2.27. The van der Waals surface area contributed by atoms with Crippen molar-refractivity contribution in [2.75, 3.05) is 31.1 Å². The van der Waals surface area contributed by atoms with Gasteiger partial charge >= 0.3 is 0 Å². The Bertz CT molecular complexity index is 1180. The molecular weight excluding hydrogens is 394 g/mol. The van der Waals surface area contributed by atoms with Gasteiger partial charge in [-0.05, 0) is 29.5 Å². The van der Waals surface area contributed by atoms with Crippen molar-refractivity contribution >= 4 is 28.7 Å². The monoisotopic (exact) mass is 417 g/mol. The zero-order chi connectivity index (χ0) is 20.5. The summed E-state index contributed by atoms with van der Waals surface area (Å²) in [5.74, 6) is 1.07. The molecule has 1 saturated heterocycles. The van der Waals surface area contributed by atoms with Crippen molar-refractivity contribution in [2.24, 2.45) is 0 Å². The molecule has 6 nitrogen and oxygen atoms in total. The van der Waals surface area contributed by atoms with E-state index in [2.05, 4.69) is 49.1 Å². The zero-order valence-corrected chi connectivity index (χ0v) is 17.7. The Kier molecular flexibility index (Phi) is 4.96. The van der Waals surface area contributed by atoms with Gasteiger partial charge in [0.05, 0.1) is 18.3 Å².